The highest BCUT2D eigenvalue weighted by Crippen LogP contribution is 2.38. The quantitative estimate of drug-likeness (QED) is 0.289. The number of thiazole rings is 1. The fourth-order valence-corrected chi connectivity index (χ4v) is 7.47. The maximum atomic E-state index is 12.7. The van der Waals surface area contributed by atoms with Gasteiger partial charge in [0.15, 0.2) is 4.80 Å². The van der Waals surface area contributed by atoms with Crippen molar-refractivity contribution in [2.45, 2.75) is 52.5 Å². The van der Waals surface area contributed by atoms with Gasteiger partial charge in [-0.3, -0.25) is 14.4 Å². The van der Waals surface area contributed by atoms with E-state index in [1.165, 1.54) is 29.8 Å². The highest BCUT2D eigenvalue weighted by molar-refractivity contribution is 8.00. The van der Waals surface area contributed by atoms with Gasteiger partial charge in [0.25, 0.3) is 5.91 Å². The van der Waals surface area contributed by atoms with Gasteiger partial charge in [-0.1, -0.05) is 23.8 Å². The number of nitrogens with one attached hydrogen (secondary N) is 1. The molecule has 1 aliphatic carbocycles. The van der Waals surface area contributed by atoms with Crippen molar-refractivity contribution < 1.29 is 28.7 Å². The largest absolute Gasteiger partial charge is 0.465 e. The van der Waals surface area contributed by atoms with E-state index in [1.54, 1.807) is 11.5 Å². The number of hydrogen-bond acceptors (Lipinski definition) is 9. The van der Waals surface area contributed by atoms with Crippen molar-refractivity contribution in [1.82, 2.24) is 4.57 Å². The molecule has 0 bridgehead atoms. The van der Waals surface area contributed by atoms with E-state index in [4.69, 9.17) is 9.47 Å². The highest BCUT2D eigenvalue weighted by Gasteiger charge is 2.26. The second-order valence-corrected chi connectivity index (χ2v) is 12.2. The fourth-order valence-electron chi connectivity index (χ4n) is 4.44. The van der Waals surface area contributed by atoms with Crippen LogP contribution in [0.4, 0.5) is 5.00 Å². The molecular weight excluding hydrogens is 559 g/mol. The number of fused-ring (bicyclic) bond motifs is 2. The summed E-state index contributed by atoms with van der Waals surface area (Å²) in [5.74, 6) is -1.55. The molecule has 0 spiro atoms. The molecular formula is C27H31N3O6S3. The van der Waals surface area contributed by atoms with E-state index in [0.717, 1.165) is 70.1 Å². The zero-order valence-electron chi connectivity index (χ0n) is 22.2. The molecule has 208 valence electrons. The van der Waals surface area contributed by atoms with Crippen LogP contribution in [0.15, 0.2) is 23.2 Å². The molecule has 9 nitrogen and oxygen atoms in total. The van der Waals surface area contributed by atoms with Crippen molar-refractivity contribution in [1.29, 1.82) is 0 Å². The standard InChI is InChI=1S/C27H31N3O6S3/c1-4-36-23(33)13-30-18-11-10-16(2)12-20(18)39-27(30)29-22(32)15-37-14-21(31)28-25-24(26(34)35-3)17-8-6-5-7-9-19(17)38-25/h10-12H,4-9,13-15H2,1-3H3,(H,28,31). The minimum absolute atomic E-state index is 0.00903. The predicted molar refractivity (Wildman–Crippen MR) is 155 cm³/mol. The normalized spacial score (nSPS) is 13.6. The molecule has 1 aromatic carbocycles. The van der Waals surface area contributed by atoms with E-state index in [9.17, 15) is 19.2 Å². The number of benzene rings is 1. The molecule has 39 heavy (non-hydrogen) atoms. The molecule has 0 radical (unpaired) electrons. The predicted octanol–water partition coefficient (Wildman–Crippen LogP) is 4.49. The Morgan fingerprint density at radius 3 is 2.67 bits per heavy atom. The van der Waals surface area contributed by atoms with Crippen LogP contribution in [0.3, 0.4) is 0 Å². The summed E-state index contributed by atoms with van der Waals surface area (Å²) >= 11 is 3.90. The lowest BCUT2D eigenvalue weighted by atomic mass is 10.1. The van der Waals surface area contributed by atoms with Gasteiger partial charge in [0.1, 0.15) is 11.5 Å². The monoisotopic (exact) mass is 589 g/mol. The van der Waals surface area contributed by atoms with E-state index in [1.807, 2.05) is 25.1 Å². The number of amides is 2. The van der Waals surface area contributed by atoms with Crippen molar-refractivity contribution in [3.05, 3.63) is 44.6 Å². The molecule has 1 aliphatic rings. The molecule has 0 aliphatic heterocycles. The van der Waals surface area contributed by atoms with Crippen molar-refractivity contribution in [3.63, 3.8) is 0 Å². The number of aryl methyl sites for hydroxylation is 2. The third-order valence-electron chi connectivity index (χ3n) is 6.17. The molecule has 0 saturated carbocycles. The SMILES string of the molecule is CCOC(=O)Cn1c(=NC(=O)CSCC(=O)Nc2sc3c(c2C(=O)OC)CCCCC3)sc2cc(C)ccc21. The smallest absolute Gasteiger partial charge is 0.341 e. The zero-order valence-corrected chi connectivity index (χ0v) is 24.6. The van der Waals surface area contributed by atoms with Gasteiger partial charge in [0, 0.05) is 4.88 Å². The lowest BCUT2D eigenvalue weighted by molar-refractivity contribution is -0.143. The lowest BCUT2D eigenvalue weighted by Crippen LogP contribution is -2.23. The van der Waals surface area contributed by atoms with Gasteiger partial charge in [0.2, 0.25) is 5.91 Å². The van der Waals surface area contributed by atoms with Crippen LogP contribution >= 0.6 is 34.4 Å². The van der Waals surface area contributed by atoms with Crippen LogP contribution < -0.4 is 10.1 Å². The van der Waals surface area contributed by atoms with E-state index in [-0.39, 0.29) is 30.6 Å². The maximum Gasteiger partial charge on any atom is 0.341 e. The summed E-state index contributed by atoms with van der Waals surface area (Å²) in [6.45, 7) is 3.93. The zero-order chi connectivity index (χ0) is 27.9. The number of ether oxygens (including phenoxy) is 2. The van der Waals surface area contributed by atoms with E-state index >= 15 is 0 Å². The highest BCUT2D eigenvalue weighted by atomic mass is 32.2. The molecule has 2 aromatic heterocycles. The Labute approximate surface area is 238 Å². The van der Waals surface area contributed by atoms with Crippen molar-refractivity contribution in [3.8, 4) is 0 Å². The van der Waals surface area contributed by atoms with Crippen LogP contribution in [-0.4, -0.2) is 53.5 Å². The molecule has 12 heteroatoms. The van der Waals surface area contributed by atoms with Crippen LogP contribution in [0.25, 0.3) is 10.2 Å². The molecule has 1 N–H and O–H groups in total. The van der Waals surface area contributed by atoms with Gasteiger partial charge in [0.05, 0.1) is 41.0 Å². The summed E-state index contributed by atoms with van der Waals surface area (Å²) in [7, 11) is 1.34. The number of aromatic nitrogens is 1. The maximum absolute atomic E-state index is 12.7. The minimum atomic E-state index is -0.444. The summed E-state index contributed by atoms with van der Waals surface area (Å²) in [6, 6.07) is 5.82. The Morgan fingerprint density at radius 1 is 1.10 bits per heavy atom. The number of thiophene rings is 1. The number of rotatable bonds is 9. The Balaban J connectivity index is 1.43. The minimum Gasteiger partial charge on any atom is -0.465 e. The molecule has 0 fully saturated rings. The number of nitrogens with zero attached hydrogens (tertiary/aromatic N) is 2. The number of hydrogen-bond donors (Lipinski definition) is 1. The van der Waals surface area contributed by atoms with Gasteiger partial charge in [-0.15, -0.1) is 23.1 Å². The number of carbonyl (C=O) groups is 4. The van der Waals surface area contributed by atoms with Crippen LogP contribution in [0.2, 0.25) is 0 Å². The number of methoxy groups -OCH3 is 1. The van der Waals surface area contributed by atoms with E-state index in [0.29, 0.717) is 15.4 Å². The first-order chi connectivity index (χ1) is 18.8. The fraction of sp³-hybridized carbons (Fsp3) is 0.444. The summed E-state index contributed by atoms with van der Waals surface area (Å²) in [5, 5.41) is 3.37. The first kappa shape index (κ1) is 29.0. The van der Waals surface area contributed by atoms with E-state index in [2.05, 4.69) is 10.3 Å². The third-order valence-corrected chi connectivity index (χ3v) is 9.34. The number of esters is 2. The molecule has 2 amide bonds. The average molecular weight is 590 g/mol. The molecule has 0 unspecified atom stereocenters. The lowest BCUT2D eigenvalue weighted by Gasteiger charge is -2.07. The van der Waals surface area contributed by atoms with Crippen molar-refractivity contribution >= 4 is 73.4 Å². The molecule has 0 atom stereocenters. The first-order valence-corrected chi connectivity index (χ1v) is 15.5. The Hall–Kier alpha value is -2.96. The summed E-state index contributed by atoms with van der Waals surface area (Å²) in [6.07, 6.45) is 4.86. The van der Waals surface area contributed by atoms with Crippen LogP contribution in [0.5, 0.6) is 0 Å². The van der Waals surface area contributed by atoms with E-state index < -0.39 is 17.8 Å². The van der Waals surface area contributed by atoms with Crippen LogP contribution in [0, 0.1) is 6.92 Å². The molecule has 0 saturated heterocycles. The molecule has 4 rings (SSSR count). The van der Waals surface area contributed by atoms with Gasteiger partial charge in [-0.25, -0.2) is 4.79 Å². The number of carbonyl (C=O) groups excluding carboxylic acids is 4. The third kappa shape index (κ3) is 7.17. The summed E-state index contributed by atoms with van der Waals surface area (Å²) in [4.78, 5) is 55.9. The summed E-state index contributed by atoms with van der Waals surface area (Å²) < 4.78 is 12.7. The Bertz CT molecular complexity index is 1470. The molecule has 2 heterocycles. The topological polar surface area (TPSA) is 116 Å². The number of thioether (sulfide) groups is 1. The van der Waals surface area contributed by atoms with Gasteiger partial charge in [-0.05, 0) is 62.8 Å². The average Bonchev–Trinajstić information content (AvgIpc) is 3.29. The molecule has 3 aromatic rings. The second kappa shape index (κ2) is 13.4. The Morgan fingerprint density at radius 2 is 1.90 bits per heavy atom. The van der Waals surface area contributed by atoms with Gasteiger partial charge >= 0.3 is 11.9 Å². The van der Waals surface area contributed by atoms with Crippen LogP contribution in [-0.2, 0) is 43.2 Å². The Kier molecular flexibility index (Phi) is 9.98. The van der Waals surface area contributed by atoms with Crippen molar-refractivity contribution in [2.75, 3.05) is 30.5 Å². The second-order valence-electron chi connectivity index (χ2n) is 9.05. The number of anilines is 1. The van der Waals surface area contributed by atoms with Gasteiger partial charge < -0.3 is 19.4 Å². The van der Waals surface area contributed by atoms with Gasteiger partial charge in [-0.2, -0.15) is 4.99 Å². The van der Waals surface area contributed by atoms with Crippen LogP contribution in [0.1, 0.15) is 52.5 Å². The summed E-state index contributed by atoms with van der Waals surface area (Å²) in [5.41, 5.74) is 3.29. The van der Waals surface area contributed by atoms with Crippen molar-refractivity contribution in [2.24, 2.45) is 4.99 Å². The first-order valence-electron chi connectivity index (χ1n) is 12.7.